The number of nitrogens with zero attached hydrogens (tertiary/aromatic N) is 1. The minimum absolute atomic E-state index is 0.0359. The average Bonchev–Trinajstić information content (AvgIpc) is 3.61. The van der Waals surface area contributed by atoms with Gasteiger partial charge in [0.15, 0.2) is 24.0 Å². The molecular formula is C29H36N4O14S. The topological polar surface area (TPSA) is 261 Å². The van der Waals surface area contributed by atoms with E-state index in [9.17, 15) is 33.6 Å². The molecule has 0 saturated carbocycles. The van der Waals surface area contributed by atoms with Crippen molar-refractivity contribution in [3.63, 3.8) is 0 Å². The molecule has 4 heterocycles. The lowest BCUT2D eigenvalue weighted by molar-refractivity contribution is -0.237. The standard InChI is InChI=1S/C29H36N4O14S/c1-10(34)42-8-17-23(44-11(2)35)24(45-12(3)36)25(46-13(4)37)27(47-17)48-9-14-19(30)22(39)18-15(7-43-28(31)40)29(41-5)26-16(32-26)6-33(29)20(18)21(14)38/h15-17,23-27,32H,6-9,30H2,1-5H3,(H2,31,40)/t15-,16+,17?,23?,24?,25?,26+,27?,29-/m1/s1. The van der Waals surface area contributed by atoms with Crippen molar-refractivity contribution in [1.82, 2.24) is 10.2 Å². The third kappa shape index (κ3) is 6.22. The van der Waals surface area contributed by atoms with E-state index < -0.39 is 89.6 Å². The summed E-state index contributed by atoms with van der Waals surface area (Å²) in [5.74, 6) is -5.46. The largest absolute Gasteiger partial charge is 0.463 e. The number of nitrogens with one attached hydrogen (secondary N) is 1. The molecule has 0 aromatic carbocycles. The highest BCUT2D eigenvalue weighted by Crippen LogP contribution is 2.55. The molecule has 0 bridgehead atoms. The van der Waals surface area contributed by atoms with Crippen LogP contribution in [0.5, 0.6) is 0 Å². The van der Waals surface area contributed by atoms with Crippen molar-refractivity contribution in [3.05, 3.63) is 22.5 Å². The zero-order valence-electron chi connectivity index (χ0n) is 26.7. The van der Waals surface area contributed by atoms with Gasteiger partial charge in [0.25, 0.3) is 0 Å². The van der Waals surface area contributed by atoms with E-state index in [1.807, 2.05) is 0 Å². The van der Waals surface area contributed by atoms with E-state index in [1.165, 1.54) is 7.11 Å². The Balaban J connectivity index is 1.46. The summed E-state index contributed by atoms with van der Waals surface area (Å²) >= 11 is 0.889. The number of amides is 1. The molecule has 3 fully saturated rings. The molecule has 18 nitrogen and oxygen atoms in total. The maximum atomic E-state index is 14.2. The molecule has 0 radical (unpaired) electrons. The number of carbonyl (C=O) groups is 7. The van der Waals surface area contributed by atoms with Gasteiger partial charge in [0, 0.05) is 64.3 Å². The fourth-order valence-electron chi connectivity index (χ4n) is 6.87. The number of rotatable bonds is 11. The molecule has 1 aliphatic carbocycles. The molecule has 5 unspecified atom stereocenters. The number of nitrogens with two attached hydrogens (primary N) is 2. The fraction of sp³-hybridized carbons (Fsp3) is 0.621. The maximum absolute atomic E-state index is 14.2. The molecule has 0 aromatic heterocycles. The summed E-state index contributed by atoms with van der Waals surface area (Å²) in [5.41, 5.74) is 8.74. The third-order valence-electron chi connectivity index (χ3n) is 8.67. The van der Waals surface area contributed by atoms with Gasteiger partial charge in [0.05, 0.1) is 23.4 Å². The Labute approximate surface area is 278 Å². The molecule has 1 amide bonds. The number of piperazine rings is 1. The number of ether oxygens (including phenoxy) is 7. The first-order chi connectivity index (χ1) is 22.6. The Hall–Kier alpha value is -4.20. The number of Topliss-reactive ketones (excluding diaryl/α,β-unsaturated/α-hetero) is 2. The first-order valence-corrected chi connectivity index (χ1v) is 15.9. The van der Waals surface area contributed by atoms with Gasteiger partial charge < -0.3 is 54.8 Å². The van der Waals surface area contributed by atoms with E-state index in [2.05, 4.69) is 5.32 Å². The van der Waals surface area contributed by atoms with Crippen LogP contribution in [-0.4, -0.2) is 127 Å². The van der Waals surface area contributed by atoms with Crippen LogP contribution >= 0.6 is 11.8 Å². The van der Waals surface area contributed by atoms with Gasteiger partial charge in [-0.15, -0.1) is 11.8 Å². The summed E-state index contributed by atoms with van der Waals surface area (Å²) in [4.78, 5) is 89.4. The van der Waals surface area contributed by atoms with E-state index in [1.54, 1.807) is 4.90 Å². The highest BCUT2D eigenvalue weighted by Gasteiger charge is 2.72. The van der Waals surface area contributed by atoms with Crippen LogP contribution in [0, 0.1) is 5.92 Å². The van der Waals surface area contributed by atoms with Crippen molar-refractivity contribution in [2.24, 2.45) is 17.4 Å². The van der Waals surface area contributed by atoms with E-state index in [0.717, 1.165) is 39.5 Å². The van der Waals surface area contributed by atoms with E-state index in [4.69, 9.17) is 44.6 Å². The van der Waals surface area contributed by atoms with Gasteiger partial charge in [-0.3, -0.25) is 28.8 Å². The maximum Gasteiger partial charge on any atom is 0.404 e. The minimum Gasteiger partial charge on any atom is -0.463 e. The molecular weight excluding hydrogens is 660 g/mol. The Kier molecular flexibility index (Phi) is 9.78. The Morgan fingerprint density at radius 3 is 2.12 bits per heavy atom. The lowest BCUT2D eigenvalue weighted by Crippen LogP contribution is -2.61. The third-order valence-corrected chi connectivity index (χ3v) is 9.83. The number of fused-ring (bicyclic) bond motifs is 4. The molecule has 5 aliphatic rings. The summed E-state index contributed by atoms with van der Waals surface area (Å²) < 4.78 is 38.6. The molecule has 19 heteroatoms. The predicted molar refractivity (Wildman–Crippen MR) is 159 cm³/mol. The molecule has 0 spiro atoms. The SMILES string of the molecule is CO[C@@]12[C@H](COC(N)=O)C3=C(C(=O)C(CSC4OC(COC(C)=O)C(OC(C)=O)C(OC(C)=O)C4OC(C)=O)=C(N)C3=O)N1C[C@@H]1N[C@@H]12. The predicted octanol–water partition coefficient (Wildman–Crippen LogP) is -1.85. The van der Waals surface area contributed by atoms with E-state index in [0.29, 0.717) is 6.54 Å². The number of primary amides is 1. The van der Waals surface area contributed by atoms with Gasteiger partial charge in [0.2, 0.25) is 11.6 Å². The summed E-state index contributed by atoms with van der Waals surface area (Å²) in [6, 6.07) is -0.316. The van der Waals surface area contributed by atoms with Crippen LogP contribution in [0.2, 0.25) is 0 Å². The van der Waals surface area contributed by atoms with Gasteiger partial charge in [-0.2, -0.15) is 0 Å². The minimum atomic E-state index is -1.42. The van der Waals surface area contributed by atoms with Crippen LogP contribution in [0.1, 0.15) is 27.7 Å². The molecule has 3 saturated heterocycles. The highest BCUT2D eigenvalue weighted by atomic mass is 32.2. The number of esters is 4. The second-order valence-corrected chi connectivity index (χ2v) is 12.8. The number of carbonyl (C=O) groups excluding carboxylic acids is 7. The van der Waals surface area contributed by atoms with Crippen molar-refractivity contribution in [2.75, 3.05) is 32.6 Å². The van der Waals surface area contributed by atoms with Gasteiger partial charge in [0.1, 0.15) is 24.8 Å². The fourth-order valence-corrected chi connectivity index (χ4v) is 8.11. The molecule has 5 rings (SSSR count). The Bertz CT molecular complexity index is 1510. The number of methoxy groups -OCH3 is 1. The Morgan fingerprint density at radius 2 is 1.54 bits per heavy atom. The van der Waals surface area contributed by atoms with Gasteiger partial charge in [-0.1, -0.05) is 0 Å². The van der Waals surface area contributed by atoms with Gasteiger partial charge in [-0.05, 0) is 0 Å². The molecule has 5 N–H and O–H groups in total. The highest BCUT2D eigenvalue weighted by molar-refractivity contribution is 8.00. The molecule has 0 aromatic rings. The second kappa shape index (κ2) is 13.4. The summed E-state index contributed by atoms with van der Waals surface area (Å²) in [6.45, 7) is 3.99. The van der Waals surface area contributed by atoms with Crippen molar-refractivity contribution in [1.29, 1.82) is 0 Å². The van der Waals surface area contributed by atoms with Crippen LogP contribution in [0.4, 0.5) is 4.79 Å². The monoisotopic (exact) mass is 696 g/mol. The smallest absolute Gasteiger partial charge is 0.404 e. The number of ketones is 2. The number of hydrogen-bond acceptors (Lipinski definition) is 18. The van der Waals surface area contributed by atoms with Crippen molar-refractivity contribution < 1.29 is 66.7 Å². The summed E-state index contributed by atoms with van der Waals surface area (Å²) in [5, 5.41) is 3.26. The van der Waals surface area contributed by atoms with E-state index >= 15 is 0 Å². The number of hydrogen-bond donors (Lipinski definition) is 3. The first kappa shape index (κ1) is 35.1. The van der Waals surface area contributed by atoms with Crippen molar-refractivity contribution in [2.45, 2.75) is 75.4 Å². The lowest BCUT2D eigenvalue weighted by Gasteiger charge is -2.44. The van der Waals surface area contributed by atoms with Crippen molar-refractivity contribution >= 4 is 53.3 Å². The van der Waals surface area contributed by atoms with E-state index in [-0.39, 0.29) is 47.0 Å². The number of allylic oxidation sites excluding steroid dienone is 2. The van der Waals surface area contributed by atoms with Crippen LogP contribution < -0.4 is 16.8 Å². The van der Waals surface area contributed by atoms with Gasteiger partial charge in [-0.25, -0.2) is 4.79 Å². The van der Waals surface area contributed by atoms with Crippen LogP contribution in [0.3, 0.4) is 0 Å². The second-order valence-electron chi connectivity index (χ2n) is 11.7. The van der Waals surface area contributed by atoms with Crippen molar-refractivity contribution in [3.8, 4) is 0 Å². The molecule has 9 atom stereocenters. The average molecular weight is 697 g/mol. The zero-order valence-corrected chi connectivity index (χ0v) is 27.5. The Morgan fingerprint density at radius 1 is 0.917 bits per heavy atom. The quantitative estimate of drug-likeness (QED) is 0.0926. The molecule has 4 aliphatic heterocycles. The molecule has 48 heavy (non-hydrogen) atoms. The zero-order chi connectivity index (χ0) is 35.2. The molecule has 262 valence electrons. The summed E-state index contributed by atoms with van der Waals surface area (Å²) in [6.07, 6.45) is -6.45. The van der Waals surface area contributed by atoms with Crippen LogP contribution in [-0.2, 0) is 61.9 Å². The van der Waals surface area contributed by atoms with Crippen LogP contribution in [0.15, 0.2) is 22.5 Å². The number of thioether (sulfide) groups is 1. The normalized spacial score (nSPS) is 33.4. The van der Waals surface area contributed by atoms with Crippen LogP contribution in [0.25, 0.3) is 0 Å². The lowest BCUT2D eigenvalue weighted by atomic mass is 9.82. The first-order valence-electron chi connectivity index (χ1n) is 14.9. The summed E-state index contributed by atoms with van der Waals surface area (Å²) in [7, 11) is 1.43. The van der Waals surface area contributed by atoms with Gasteiger partial charge >= 0.3 is 30.0 Å².